The van der Waals surface area contributed by atoms with Gasteiger partial charge in [0.05, 0.1) is 64.3 Å². The summed E-state index contributed by atoms with van der Waals surface area (Å²) in [5.41, 5.74) is 16.5. The minimum Gasteiger partial charge on any atom is -0.497 e. The Kier molecular flexibility index (Phi) is 27.9. The highest BCUT2D eigenvalue weighted by atomic mass is 16.5. The number of fused-ring (bicyclic) bond motifs is 1. The normalized spacial score (nSPS) is 11.2. The van der Waals surface area contributed by atoms with Gasteiger partial charge in [0.25, 0.3) is 22.8 Å². The van der Waals surface area contributed by atoms with E-state index in [4.69, 9.17) is 35.8 Å². The highest BCUT2D eigenvalue weighted by Crippen LogP contribution is 2.36. The van der Waals surface area contributed by atoms with E-state index < -0.39 is 0 Å². The number of benzene rings is 12. The zero-order chi connectivity index (χ0) is 74.0. The van der Waals surface area contributed by atoms with Crippen LogP contribution in [0.15, 0.2) is 338 Å². The molecule has 10 nitrogen and oxygen atoms in total. The highest BCUT2D eigenvalue weighted by Gasteiger charge is 2.18. The molecule has 12 aromatic carbocycles. The maximum Gasteiger partial charge on any atom is 0.270 e. The van der Waals surface area contributed by atoms with Gasteiger partial charge in [-0.25, -0.2) is 40.4 Å². The summed E-state index contributed by atoms with van der Waals surface area (Å²) in [6, 6.07) is 111. The van der Waals surface area contributed by atoms with Crippen molar-refractivity contribution in [3.8, 4) is 69.2 Å². The van der Waals surface area contributed by atoms with Gasteiger partial charge in [-0.1, -0.05) is 318 Å². The molecule has 0 saturated carbocycles. The second-order valence-corrected chi connectivity index (χ2v) is 23.9. The SMILES string of the molecule is [C-]#[N+]/C(C#N)=C(\c1ccc(OC)cc1)c1ccc(-c2ccccc2)cc1.[C-]#[N+]/C(C#N)=C(\c1ccccc1)c1ccc(OCC(CC)CCCC)cc1.[C-]#[N+]/C(C#N)=C(\c1ccccc1)c1ccc2ccccc2c1.[C-]#[N+]C(C#N)=C(c1ccc(-c2ccccc2)cc1)c1ccc(-c2ccccc2)cc1. The van der Waals surface area contributed by atoms with Crippen LogP contribution in [0.4, 0.5) is 0 Å². The Morgan fingerprint density at radius 1 is 0.324 bits per heavy atom. The summed E-state index contributed by atoms with van der Waals surface area (Å²) in [6.07, 6.45) is 4.76. The van der Waals surface area contributed by atoms with Gasteiger partial charge in [0, 0.05) is 22.3 Å². The Balaban J connectivity index is 0.000000163. The predicted molar refractivity (Wildman–Crippen MR) is 424 cm³/mol. The maximum absolute atomic E-state index is 9.56. The summed E-state index contributed by atoms with van der Waals surface area (Å²) in [7, 11) is 1.61. The largest absolute Gasteiger partial charge is 0.497 e. The zero-order valence-corrected chi connectivity index (χ0v) is 58.5. The van der Waals surface area contributed by atoms with E-state index in [1.165, 1.54) is 19.3 Å². The van der Waals surface area contributed by atoms with E-state index in [1.54, 1.807) is 7.11 Å². The summed E-state index contributed by atoms with van der Waals surface area (Å²) in [6.45, 7) is 34.6. The lowest BCUT2D eigenvalue weighted by molar-refractivity contribution is 0.233. The van der Waals surface area contributed by atoms with Crippen molar-refractivity contribution in [2.75, 3.05) is 13.7 Å². The Hall–Kier alpha value is -14.6. The van der Waals surface area contributed by atoms with Crippen LogP contribution in [0.1, 0.15) is 84.0 Å². The fourth-order valence-corrected chi connectivity index (χ4v) is 11.8. The summed E-state index contributed by atoms with van der Waals surface area (Å²) in [4.78, 5) is 13.7. The van der Waals surface area contributed by atoms with Crippen molar-refractivity contribution in [1.82, 2.24) is 0 Å². The lowest BCUT2D eigenvalue weighted by Crippen LogP contribution is -2.11. The first kappa shape index (κ1) is 74.6. The van der Waals surface area contributed by atoms with Crippen LogP contribution in [0.25, 0.3) is 85.8 Å². The van der Waals surface area contributed by atoms with Gasteiger partial charge in [0.1, 0.15) is 11.5 Å². The molecule has 0 radical (unpaired) electrons. The number of hydrogen-bond acceptors (Lipinski definition) is 6. The van der Waals surface area contributed by atoms with E-state index in [0.29, 0.717) is 28.2 Å². The van der Waals surface area contributed by atoms with Crippen molar-refractivity contribution in [2.24, 2.45) is 5.92 Å². The first-order valence-electron chi connectivity index (χ1n) is 34.2. The minimum absolute atomic E-state index is 0.0719. The van der Waals surface area contributed by atoms with E-state index in [2.05, 4.69) is 75.7 Å². The summed E-state index contributed by atoms with van der Waals surface area (Å²) >= 11 is 0. The molecule has 0 spiro atoms. The minimum atomic E-state index is 0.0719. The van der Waals surface area contributed by atoms with Crippen molar-refractivity contribution in [2.45, 2.75) is 39.5 Å². The summed E-state index contributed by atoms with van der Waals surface area (Å²) < 4.78 is 11.2. The molecule has 0 bridgehead atoms. The predicted octanol–water partition coefficient (Wildman–Crippen LogP) is 24.3. The number of ether oxygens (including phenoxy) is 2. The monoisotopic (exact) mass is 1360 g/mol. The third kappa shape index (κ3) is 20.1. The Morgan fingerprint density at radius 2 is 0.600 bits per heavy atom. The van der Waals surface area contributed by atoms with Crippen molar-refractivity contribution >= 4 is 33.1 Å². The number of methoxy groups -OCH3 is 1. The Morgan fingerprint density at radius 3 is 0.914 bits per heavy atom. The maximum atomic E-state index is 9.56. The van der Waals surface area contributed by atoms with Crippen molar-refractivity contribution in [1.29, 1.82) is 21.0 Å². The number of allylic oxidation sites excluding steroid dienone is 4. The van der Waals surface area contributed by atoms with Crippen LogP contribution in [0, 0.1) is 77.5 Å². The van der Waals surface area contributed by atoms with E-state index in [-0.39, 0.29) is 22.8 Å². The number of nitriles is 4. The van der Waals surface area contributed by atoms with Crippen molar-refractivity contribution < 1.29 is 9.47 Å². The molecule has 504 valence electrons. The van der Waals surface area contributed by atoms with Gasteiger partial charge in [0.2, 0.25) is 0 Å². The van der Waals surface area contributed by atoms with Crippen LogP contribution in [-0.4, -0.2) is 13.7 Å². The van der Waals surface area contributed by atoms with Gasteiger partial charge in [-0.3, -0.25) is 0 Å². The highest BCUT2D eigenvalue weighted by molar-refractivity contribution is 5.93. The van der Waals surface area contributed by atoms with Gasteiger partial charge in [0.15, 0.2) is 0 Å². The molecule has 0 aliphatic rings. The molecule has 10 heteroatoms. The van der Waals surface area contributed by atoms with E-state index >= 15 is 0 Å². The average Bonchev–Trinajstić information content (AvgIpc) is 0.821. The van der Waals surface area contributed by atoms with Crippen LogP contribution in [0.3, 0.4) is 0 Å². The molecule has 0 aromatic heterocycles. The number of hydrogen-bond donors (Lipinski definition) is 0. The summed E-state index contributed by atoms with van der Waals surface area (Å²) in [5, 5.41) is 39.9. The van der Waals surface area contributed by atoms with Gasteiger partial charge in [-0.2, -0.15) is 0 Å². The second kappa shape index (κ2) is 39.2. The lowest BCUT2D eigenvalue weighted by Gasteiger charge is -2.16. The van der Waals surface area contributed by atoms with E-state index in [9.17, 15) is 21.0 Å². The lowest BCUT2D eigenvalue weighted by atomic mass is 9.93. The summed E-state index contributed by atoms with van der Waals surface area (Å²) in [5.74, 6) is 2.13. The molecule has 0 amide bonds. The van der Waals surface area contributed by atoms with Crippen LogP contribution in [0.5, 0.6) is 11.5 Å². The quantitative estimate of drug-likeness (QED) is 0.0585. The zero-order valence-electron chi connectivity index (χ0n) is 58.5. The van der Waals surface area contributed by atoms with Crippen molar-refractivity contribution in [3.05, 3.63) is 428 Å². The van der Waals surface area contributed by atoms with Crippen LogP contribution in [0.2, 0.25) is 0 Å². The fourth-order valence-electron chi connectivity index (χ4n) is 11.8. The number of rotatable bonds is 19. The molecule has 0 heterocycles. The first-order chi connectivity index (χ1) is 51.6. The van der Waals surface area contributed by atoms with Gasteiger partial charge >= 0.3 is 0 Å². The smallest absolute Gasteiger partial charge is 0.270 e. The molecule has 0 fully saturated rings. The molecule has 1 unspecified atom stereocenters. The van der Waals surface area contributed by atoms with E-state index in [0.717, 1.165) is 113 Å². The van der Waals surface area contributed by atoms with Crippen molar-refractivity contribution in [3.63, 3.8) is 0 Å². The standard InChI is InChI=1S/C28H18N2.C24H26N2O.C23H16N2O.C20H12N2/c1-30-27(20-29)28(25-16-12-23(13-17-25)21-8-4-2-5-9-21)26-18-14-24(15-19-26)22-10-6-3-7-11-22;1-4-6-10-19(5-2)18-27-22-15-13-21(14-16-22)24(23(17-25)26-3)20-11-8-7-9-12-20;1-25-22(16-24)23(20-12-14-21(26-2)15-13-20)19-10-8-18(9-11-19)17-6-4-3-5-7-17;1-22-19(14-21)20(16-8-3-2-4-9-16)18-12-11-15-7-5-6-10-17(15)13-18/h2-19H;7-9,11-16,19H,4-6,10,18H2,1-2H3;3-15H,2H3;2-13H/b;24-23+;23-22-;20-19+. The second-order valence-electron chi connectivity index (χ2n) is 23.9. The first-order valence-corrected chi connectivity index (χ1v) is 34.2. The molecule has 12 aromatic rings. The number of nitrogens with zero attached hydrogens (tertiary/aromatic N) is 8. The molecule has 0 aliphatic heterocycles. The third-order valence-electron chi connectivity index (χ3n) is 17.4. The molecule has 0 aliphatic carbocycles. The topological polar surface area (TPSA) is 131 Å². The van der Waals surface area contributed by atoms with Gasteiger partial charge in [-0.05, 0) is 131 Å². The third-order valence-corrected chi connectivity index (χ3v) is 17.4. The Bertz CT molecular complexity index is 5240. The molecular weight excluding hydrogens is 1290 g/mol. The molecule has 105 heavy (non-hydrogen) atoms. The van der Waals surface area contributed by atoms with Crippen LogP contribution >= 0.6 is 0 Å². The average molecular weight is 1360 g/mol. The molecule has 1 atom stereocenters. The molecule has 0 N–H and O–H groups in total. The fraction of sp³-hybridized carbons (Fsp3) is 0.0947. The number of unbranched alkanes of at least 4 members (excludes halogenated alkanes) is 1. The Labute approximate surface area is 616 Å². The molecule has 0 saturated heterocycles. The molecular formula is C95H72N8O2. The van der Waals surface area contributed by atoms with Gasteiger partial charge in [-0.15, -0.1) is 0 Å². The molecule has 12 rings (SSSR count). The van der Waals surface area contributed by atoms with Gasteiger partial charge < -0.3 is 9.47 Å². The van der Waals surface area contributed by atoms with Crippen LogP contribution < -0.4 is 9.47 Å². The van der Waals surface area contributed by atoms with E-state index in [1.807, 2.05) is 297 Å². The van der Waals surface area contributed by atoms with Crippen LogP contribution in [-0.2, 0) is 0 Å².